The first kappa shape index (κ1) is 41.9. The first-order valence-electron chi connectivity index (χ1n) is 20.3. The van der Waals surface area contributed by atoms with E-state index in [1.807, 2.05) is 24.3 Å². The summed E-state index contributed by atoms with van der Waals surface area (Å²) in [5, 5.41) is 8.04. The van der Waals surface area contributed by atoms with E-state index in [2.05, 4.69) is 19.2 Å². The smallest absolute Gasteiger partial charge is 0.341 e. The molecule has 14 nitrogen and oxygen atoms in total. The summed E-state index contributed by atoms with van der Waals surface area (Å²) in [5.74, 6) is -1.90. The van der Waals surface area contributed by atoms with Gasteiger partial charge in [-0.3, -0.25) is 14.4 Å². The van der Waals surface area contributed by atoms with Crippen LogP contribution in [0.1, 0.15) is 93.1 Å². The number of carbonyl (C=O) groups is 4. The van der Waals surface area contributed by atoms with E-state index in [4.69, 9.17) is 21.4 Å². The first-order valence-corrected chi connectivity index (χ1v) is 22.1. The molecule has 16 heteroatoms. The summed E-state index contributed by atoms with van der Waals surface area (Å²) in [6, 6.07) is 15.5. The molecule has 0 aliphatic carbocycles. The van der Waals surface area contributed by atoms with Gasteiger partial charge in [0.2, 0.25) is 0 Å². The molecule has 5 amide bonds. The number of benzene rings is 3. The van der Waals surface area contributed by atoms with Crippen molar-refractivity contribution in [2.75, 3.05) is 57.8 Å². The Morgan fingerprint density at radius 3 is 2.27 bits per heavy atom. The van der Waals surface area contributed by atoms with E-state index < -0.39 is 27.9 Å². The number of morpholine rings is 1. The zero-order valence-corrected chi connectivity index (χ0v) is 35.3. The van der Waals surface area contributed by atoms with Gasteiger partial charge in [-0.05, 0) is 85.7 Å². The number of anilines is 1. The van der Waals surface area contributed by atoms with Crippen molar-refractivity contribution in [1.82, 2.24) is 28.8 Å². The Bertz CT molecular complexity index is 2370. The summed E-state index contributed by atoms with van der Waals surface area (Å²) >= 11 is 6.87. The number of fused-ring (bicyclic) bond motifs is 2. The molecular weight excluding hydrogens is 794 g/mol. The molecule has 1 saturated heterocycles. The number of urea groups is 1. The van der Waals surface area contributed by atoms with E-state index in [1.165, 1.54) is 39.9 Å². The fourth-order valence-corrected chi connectivity index (χ4v) is 9.31. The second-order valence-corrected chi connectivity index (χ2v) is 17.3. The third-order valence-corrected chi connectivity index (χ3v) is 13.3. The Morgan fingerprint density at radius 2 is 1.56 bits per heavy atom. The highest BCUT2D eigenvalue weighted by atomic mass is 35.5. The highest BCUT2D eigenvalue weighted by Crippen LogP contribution is 2.32. The number of hydrogen-bond acceptors (Lipinski definition) is 9. The average Bonchev–Trinajstić information content (AvgIpc) is 3.86. The maximum Gasteiger partial charge on any atom is 0.341 e. The number of ether oxygens (including phenoxy) is 1. The van der Waals surface area contributed by atoms with Crippen LogP contribution in [-0.4, -0.2) is 113 Å². The van der Waals surface area contributed by atoms with Crippen molar-refractivity contribution in [2.24, 2.45) is 0 Å². The fourth-order valence-electron chi connectivity index (χ4n) is 7.73. The lowest BCUT2D eigenvalue weighted by Crippen LogP contribution is -2.52. The number of nitrogens with one attached hydrogen (secondary N) is 1. The van der Waals surface area contributed by atoms with E-state index >= 15 is 0 Å². The van der Waals surface area contributed by atoms with Gasteiger partial charge in [0.05, 0.1) is 40.1 Å². The van der Waals surface area contributed by atoms with Crippen LogP contribution in [0.25, 0.3) is 5.69 Å². The molecule has 0 radical (unpaired) electrons. The minimum Gasteiger partial charge on any atom is -0.384 e. The predicted molar refractivity (Wildman–Crippen MR) is 224 cm³/mol. The average molecular weight is 844 g/mol. The van der Waals surface area contributed by atoms with Gasteiger partial charge < -0.3 is 24.8 Å². The molecular formula is C43H50ClN7O7S. The second-order valence-electron chi connectivity index (χ2n) is 15.1. The Hall–Kier alpha value is -5.25. The van der Waals surface area contributed by atoms with Gasteiger partial charge in [-0.1, -0.05) is 62.6 Å². The molecule has 3 aliphatic heterocycles. The predicted octanol–water partition coefficient (Wildman–Crippen LogP) is 6.33. The SMILES string of the molecule is CCCCN(CCCC)C(=O)c1nn(-c2ccc(C(=O)N(C(=O)N3CCOCC3)S(=O)(=O)c3ccc4c(c3)CCN4)cc2C(=O)N2CCc3ccccc3C2)c(C)c1Cl. The summed E-state index contributed by atoms with van der Waals surface area (Å²) in [4.78, 5) is 62.2. The van der Waals surface area contributed by atoms with E-state index in [0.29, 0.717) is 55.6 Å². The molecule has 4 heterocycles. The number of amides is 5. The van der Waals surface area contributed by atoms with Gasteiger partial charge >= 0.3 is 6.03 Å². The van der Waals surface area contributed by atoms with Crippen molar-refractivity contribution in [3.05, 3.63) is 105 Å². The van der Waals surface area contributed by atoms with Crippen molar-refractivity contribution in [3.63, 3.8) is 0 Å². The Balaban J connectivity index is 1.33. The summed E-state index contributed by atoms with van der Waals surface area (Å²) < 4.78 is 36.2. The van der Waals surface area contributed by atoms with Gasteiger partial charge in [0, 0.05) is 57.1 Å². The number of sulfonamides is 1. The first-order chi connectivity index (χ1) is 28.4. The molecule has 0 bridgehead atoms. The number of unbranched alkanes of at least 4 members (excludes halogenated alkanes) is 2. The fraction of sp³-hybridized carbons (Fsp3) is 0.419. The second kappa shape index (κ2) is 17.9. The number of hydrogen-bond donors (Lipinski definition) is 1. The van der Waals surface area contributed by atoms with Crippen LogP contribution in [0.15, 0.2) is 65.6 Å². The standard InChI is InChI=1S/C43H50ClN7O7S/c1-4-6-19-47(20-7-5-2)42(54)39-38(44)29(3)50(46-39)37-15-12-32(27-35(37)41(53)49-21-17-30-10-8-9-11-33(30)28-49)40(52)51(43(55)48-22-24-58-25-23-48)59(56,57)34-13-14-36-31(26-34)16-18-45-36/h8-15,26-27,45H,4-7,16-25,28H2,1-3H3. The van der Waals surface area contributed by atoms with Crippen molar-refractivity contribution in [2.45, 2.75) is 70.7 Å². The third-order valence-electron chi connectivity index (χ3n) is 11.2. The van der Waals surface area contributed by atoms with Crippen molar-refractivity contribution >= 4 is 51.1 Å². The van der Waals surface area contributed by atoms with Crippen LogP contribution in [0, 0.1) is 6.92 Å². The number of imide groups is 1. The van der Waals surface area contributed by atoms with Crippen LogP contribution in [-0.2, 0) is 34.1 Å². The van der Waals surface area contributed by atoms with E-state index in [1.54, 1.807) is 22.8 Å². The minimum absolute atomic E-state index is 0.0186. The van der Waals surface area contributed by atoms with Gasteiger partial charge in [0.1, 0.15) is 0 Å². The number of carbonyl (C=O) groups excluding carboxylic acids is 4. The Labute approximate surface area is 350 Å². The lowest BCUT2D eigenvalue weighted by molar-refractivity contribution is 0.0469. The van der Waals surface area contributed by atoms with Crippen molar-refractivity contribution in [3.8, 4) is 5.69 Å². The Morgan fingerprint density at radius 1 is 0.847 bits per heavy atom. The lowest BCUT2D eigenvalue weighted by Gasteiger charge is -2.32. The van der Waals surface area contributed by atoms with Gasteiger partial charge in [-0.25, -0.2) is 17.9 Å². The van der Waals surface area contributed by atoms with E-state index in [9.17, 15) is 27.6 Å². The van der Waals surface area contributed by atoms with Gasteiger partial charge in [-0.15, -0.1) is 4.31 Å². The van der Waals surface area contributed by atoms with E-state index in [-0.39, 0.29) is 64.6 Å². The van der Waals surface area contributed by atoms with Crippen LogP contribution < -0.4 is 5.32 Å². The highest BCUT2D eigenvalue weighted by Gasteiger charge is 2.40. The maximum atomic E-state index is 14.8. The monoisotopic (exact) mass is 843 g/mol. The summed E-state index contributed by atoms with van der Waals surface area (Å²) in [7, 11) is -4.76. The Kier molecular flexibility index (Phi) is 12.7. The molecule has 312 valence electrons. The highest BCUT2D eigenvalue weighted by molar-refractivity contribution is 7.90. The zero-order valence-electron chi connectivity index (χ0n) is 33.7. The molecule has 4 aromatic rings. The molecule has 1 aromatic heterocycles. The molecule has 1 N–H and O–H groups in total. The van der Waals surface area contributed by atoms with E-state index in [0.717, 1.165) is 48.1 Å². The zero-order chi connectivity index (χ0) is 41.8. The van der Waals surface area contributed by atoms with Crippen LogP contribution in [0.2, 0.25) is 5.02 Å². The van der Waals surface area contributed by atoms with Crippen LogP contribution in [0.5, 0.6) is 0 Å². The van der Waals surface area contributed by atoms with Gasteiger partial charge in [-0.2, -0.15) is 5.10 Å². The van der Waals surface area contributed by atoms with Crippen molar-refractivity contribution < 1.29 is 32.3 Å². The molecule has 1 fully saturated rings. The molecule has 59 heavy (non-hydrogen) atoms. The van der Waals surface area contributed by atoms with Crippen LogP contribution in [0.3, 0.4) is 0 Å². The topological polar surface area (TPSA) is 154 Å². The largest absolute Gasteiger partial charge is 0.384 e. The molecule has 0 unspecified atom stereocenters. The lowest BCUT2D eigenvalue weighted by atomic mass is 9.98. The minimum atomic E-state index is -4.76. The van der Waals surface area contributed by atoms with Crippen molar-refractivity contribution in [1.29, 1.82) is 0 Å². The molecule has 7 rings (SSSR count). The number of halogens is 1. The maximum absolute atomic E-state index is 14.8. The quantitative estimate of drug-likeness (QED) is 0.173. The number of rotatable bonds is 12. The van der Waals surface area contributed by atoms with Gasteiger partial charge in [0.15, 0.2) is 5.69 Å². The summed E-state index contributed by atoms with van der Waals surface area (Å²) in [6.45, 7) is 8.71. The summed E-state index contributed by atoms with van der Waals surface area (Å²) in [6.07, 6.45) is 4.60. The number of aromatic nitrogens is 2. The van der Waals surface area contributed by atoms with Crippen LogP contribution in [0.4, 0.5) is 10.5 Å². The number of nitrogens with zero attached hydrogens (tertiary/aromatic N) is 6. The van der Waals surface area contributed by atoms with Crippen LogP contribution >= 0.6 is 11.6 Å². The molecule has 3 aliphatic rings. The summed E-state index contributed by atoms with van der Waals surface area (Å²) in [5.41, 5.74) is 4.12. The third kappa shape index (κ3) is 8.46. The van der Waals surface area contributed by atoms with Gasteiger partial charge in [0.25, 0.3) is 27.7 Å². The normalized spacial score (nSPS) is 15.0. The molecule has 0 spiro atoms. The molecule has 0 saturated carbocycles. The molecule has 3 aromatic carbocycles. The molecule has 0 atom stereocenters.